The zero-order valence-electron chi connectivity index (χ0n) is 28.1. The molecule has 0 rings (SSSR count). The van der Waals surface area contributed by atoms with Crippen LogP contribution >= 0.6 is 0 Å². The van der Waals surface area contributed by atoms with Crippen LogP contribution in [0.15, 0.2) is 142 Å². The molecule has 0 radical (unpaired) electrons. The molecule has 0 aromatic heterocycles. The van der Waals surface area contributed by atoms with Crippen molar-refractivity contribution in [2.45, 2.75) is 107 Å². The second-order valence-corrected chi connectivity index (χ2v) is 11.9. The lowest BCUT2D eigenvalue weighted by atomic mass is 9.92. The van der Waals surface area contributed by atoms with Crippen LogP contribution in [0, 0.1) is 0 Å². The van der Waals surface area contributed by atoms with Crippen LogP contribution in [0.2, 0.25) is 0 Å². The maximum atomic E-state index is 10.5. The summed E-state index contributed by atoms with van der Waals surface area (Å²) in [6, 6.07) is 0. The molecule has 0 amide bonds. The SMILES string of the molecule is CC(C)=CCC/C(C)=C/C=C/C(C)=C/C=C/C(C)=C/C=C/C=C(C)/C=C/C=C(C)/C=C/[C@@H](O)[C@](C)(O)CCC=C(C)C. The smallest absolute Gasteiger partial charge is 0.101 e. The van der Waals surface area contributed by atoms with Gasteiger partial charge in [-0.05, 0) is 94.9 Å². The minimum absolute atomic E-state index is 0.513. The molecule has 230 valence electrons. The molecule has 2 atom stereocenters. The minimum atomic E-state index is -1.15. The first-order valence-electron chi connectivity index (χ1n) is 15.1. The van der Waals surface area contributed by atoms with Crippen molar-refractivity contribution in [3.05, 3.63) is 142 Å². The summed E-state index contributed by atoms with van der Waals surface area (Å²) in [6.07, 6.45) is 37.5. The topological polar surface area (TPSA) is 40.5 Å². The van der Waals surface area contributed by atoms with Gasteiger partial charge in [-0.3, -0.25) is 0 Å². The van der Waals surface area contributed by atoms with Gasteiger partial charge in [-0.25, -0.2) is 0 Å². The highest BCUT2D eigenvalue weighted by Crippen LogP contribution is 2.19. The molecule has 0 spiro atoms. The molecule has 2 nitrogen and oxygen atoms in total. The van der Waals surface area contributed by atoms with E-state index >= 15 is 0 Å². The average molecular weight is 571 g/mol. The first-order chi connectivity index (χ1) is 19.7. The molecule has 0 aliphatic carbocycles. The molecule has 0 heterocycles. The lowest BCUT2D eigenvalue weighted by Gasteiger charge is -2.26. The van der Waals surface area contributed by atoms with E-state index in [2.05, 4.69) is 102 Å². The fourth-order valence-corrected chi connectivity index (χ4v) is 3.63. The normalized spacial score (nSPS) is 16.8. The van der Waals surface area contributed by atoms with Crippen molar-refractivity contribution in [2.75, 3.05) is 0 Å². The minimum Gasteiger partial charge on any atom is -0.387 e. The predicted octanol–water partition coefficient (Wildman–Crippen LogP) is 11.1. The summed E-state index contributed by atoms with van der Waals surface area (Å²) >= 11 is 0. The first kappa shape index (κ1) is 38.8. The van der Waals surface area contributed by atoms with Gasteiger partial charge >= 0.3 is 0 Å². The maximum absolute atomic E-state index is 10.5. The molecule has 42 heavy (non-hydrogen) atoms. The molecular formula is C40H58O2. The molecule has 0 unspecified atom stereocenters. The molecule has 0 saturated carbocycles. The van der Waals surface area contributed by atoms with Gasteiger partial charge in [0.2, 0.25) is 0 Å². The van der Waals surface area contributed by atoms with Crippen LogP contribution in [0.3, 0.4) is 0 Å². The number of aliphatic hydroxyl groups is 2. The van der Waals surface area contributed by atoms with E-state index < -0.39 is 11.7 Å². The lowest BCUT2D eigenvalue weighted by molar-refractivity contribution is -0.0427. The molecule has 0 saturated heterocycles. The van der Waals surface area contributed by atoms with Gasteiger partial charge < -0.3 is 10.2 Å². The summed E-state index contributed by atoms with van der Waals surface area (Å²) in [5, 5.41) is 20.9. The summed E-state index contributed by atoms with van der Waals surface area (Å²) < 4.78 is 0. The Bertz CT molecular complexity index is 1170. The van der Waals surface area contributed by atoms with E-state index in [0.29, 0.717) is 6.42 Å². The van der Waals surface area contributed by atoms with Gasteiger partial charge in [0, 0.05) is 0 Å². The third kappa shape index (κ3) is 22.5. The Kier molecular flexibility index (Phi) is 20.7. The quantitative estimate of drug-likeness (QED) is 0.135. The van der Waals surface area contributed by atoms with E-state index in [-0.39, 0.29) is 0 Å². The van der Waals surface area contributed by atoms with E-state index in [1.165, 1.54) is 27.9 Å². The number of hydrogen-bond donors (Lipinski definition) is 2. The van der Waals surface area contributed by atoms with Crippen molar-refractivity contribution in [2.24, 2.45) is 0 Å². The van der Waals surface area contributed by atoms with Gasteiger partial charge in [0.25, 0.3) is 0 Å². The fraction of sp³-hybridized carbons (Fsp3) is 0.400. The van der Waals surface area contributed by atoms with Crippen LogP contribution < -0.4 is 0 Å². The molecule has 0 aromatic carbocycles. The van der Waals surface area contributed by atoms with Crippen molar-refractivity contribution in [1.82, 2.24) is 0 Å². The summed E-state index contributed by atoms with van der Waals surface area (Å²) in [6.45, 7) is 20.5. The Balaban J connectivity index is 4.81. The highest BCUT2D eigenvalue weighted by molar-refractivity contribution is 5.32. The van der Waals surface area contributed by atoms with Crippen molar-refractivity contribution >= 4 is 0 Å². The van der Waals surface area contributed by atoms with Crippen LogP contribution in [-0.4, -0.2) is 21.9 Å². The van der Waals surface area contributed by atoms with E-state index in [4.69, 9.17) is 0 Å². The van der Waals surface area contributed by atoms with Crippen LogP contribution in [0.25, 0.3) is 0 Å². The average Bonchev–Trinajstić information content (AvgIpc) is 2.89. The van der Waals surface area contributed by atoms with Crippen molar-refractivity contribution in [3.63, 3.8) is 0 Å². The van der Waals surface area contributed by atoms with E-state index in [0.717, 1.165) is 30.4 Å². The predicted molar refractivity (Wildman–Crippen MR) is 188 cm³/mol. The summed E-state index contributed by atoms with van der Waals surface area (Å²) in [5.74, 6) is 0. The van der Waals surface area contributed by atoms with Gasteiger partial charge in [-0.1, -0.05) is 142 Å². The number of aliphatic hydroxyl groups excluding tert-OH is 1. The second-order valence-electron chi connectivity index (χ2n) is 11.9. The monoisotopic (exact) mass is 570 g/mol. The Labute approximate surface area is 258 Å². The van der Waals surface area contributed by atoms with Gasteiger partial charge in [0.05, 0.1) is 5.60 Å². The summed E-state index contributed by atoms with van der Waals surface area (Å²) in [4.78, 5) is 0. The summed E-state index contributed by atoms with van der Waals surface area (Å²) in [7, 11) is 0. The van der Waals surface area contributed by atoms with Gasteiger partial charge in [-0.2, -0.15) is 0 Å². The number of hydrogen-bond acceptors (Lipinski definition) is 2. The van der Waals surface area contributed by atoms with Crippen molar-refractivity contribution in [3.8, 4) is 0 Å². The maximum Gasteiger partial charge on any atom is 0.101 e. The Morgan fingerprint density at radius 3 is 1.45 bits per heavy atom. The molecule has 0 aromatic rings. The van der Waals surface area contributed by atoms with Gasteiger partial charge in [-0.15, -0.1) is 0 Å². The van der Waals surface area contributed by atoms with Crippen LogP contribution in [0.5, 0.6) is 0 Å². The van der Waals surface area contributed by atoms with E-state index in [1.54, 1.807) is 13.0 Å². The number of rotatable bonds is 17. The molecule has 0 bridgehead atoms. The highest BCUT2D eigenvalue weighted by atomic mass is 16.3. The van der Waals surface area contributed by atoms with Crippen LogP contribution in [0.4, 0.5) is 0 Å². The molecule has 0 fully saturated rings. The third-order valence-electron chi connectivity index (χ3n) is 6.48. The zero-order chi connectivity index (χ0) is 32.0. The zero-order valence-corrected chi connectivity index (χ0v) is 28.1. The third-order valence-corrected chi connectivity index (χ3v) is 6.48. The Morgan fingerprint density at radius 1 is 0.571 bits per heavy atom. The molecule has 2 N–H and O–H groups in total. The molecule has 0 aliphatic heterocycles. The van der Waals surface area contributed by atoms with E-state index in [9.17, 15) is 10.2 Å². The molecule has 0 aliphatic rings. The van der Waals surface area contributed by atoms with E-state index in [1.807, 2.05) is 57.2 Å². The Hall–Kier alpha value is -3.20. The first-order valence-corrected chi connectivity index (χ1v) is 15.1. The Morgan fingerprint density at radius 2 is 0.976 bits per heavy atom. The van der Waals surface area contributed by atoms with Crippen molar-refractivity contribution in [1.29, 1.82) is 0 Å². The molecular weight excluding hydrogens is 512 g/mol. The largest absolute Gasteiger partial charge is 0.387 e. The van der Waals surface area contributed by atoms with Crippen molar-refractivity contribution < 1.29 is 10.2 Å². The van der Waals surface area contributed by atoms with Gasteiger partial charge in [0.15, 0.2) is 0 Å². The standard InChI is InChI=1S/C40H58O2/c1-32(2)18-13-22-36(7)25-15-27-37(8)26-14-23-34(5)20-11-12-21-35(6)24-16-28-38(9)29-30-39(41)40(10,42)31-17-19-33(3)4/h11-12,14-16,18-21,23-30,39,41-42H,13,17,22,31H2,1-10H3/b12-11+,23-14+,24-16+,27-15+,30-29+,34-20+,35-21+,36-25+,37-26+,38-28+/t39-,40-/m1/s1. The lowest BCUT2D eigenvalue weighted by Crippen LogP contribution is -2.37. The second kappa shape index (κ2) is 22.4. The molecule has 2 heteroatoms. The summed E-state index contributed by atoms with van der Waals surface area (Å²) in [5.41, 5.74) is 7.37. The van der Waals surface area contributed by atoms with Crippen LogP contribution in [0.1, 0.15) is 94.9 Å². The fourth-order valence-electron chi connectivity index (χ4n) is 3.63. The number of allylic oxidation sites excluding steroid dienone is 23. The highest BCUT2D eigenvalue weighted by Gasteiger charge is 2.27. The van der Waals surface area contributed by atoms with Gasteiger partial charge in [0.1, 0.15) is 6.10 Å². The van der Waals surface area contributed by atoms with Crippen LogP contribution in [-0.2, 0) is 0 Å².